The lowest BCUT2D eigenvalue weighted by atomic mass is 9.87. The van der Waals surface area contributed by atoms with Gasteiger partial charge in [-0.25, -0.2) is 13.2 Å². The molecule has 6 heteroatoms. The summed E-state index contributed by atoms with van der Waals surface area (Å²) >= 11 is 5.85. The maximum absolute atomic E-state index is 13.8. The summed E-state index contributed by atoms with van der Waals surface area (Å²) in [5.41, 5.74) is 0.721. The van der Waals surface area contributed by atoms with E-state index in [9.17, 15) is 18.0 Å². The minimum absolute atomic E-state index is 0.0232. The van der Waals surface area contributed by atoms with Crippen LogP contribution in [0.15, 0.2) is 36.4 Å². The van der Waals surface area contributed by atoms with E-state index in [0.29, 0.717) is 25.9 Å². The van der Waals surface area contributed by atoms with E-state index in [1.807, 2.05) is 6.92 Å². The summed E-state index contributed by atoms with van der Waals surface area (Å²) in [5.74, 6) is -2.43. The van der Waals surface area contributed by atoms with Crippen LogP contribution in [0.3, 0.4) is 0 Å². The van der Waals surface area contributed by atoms with Crippen molar-refractivity contribution in [2.24, 2.45) is 5.92 Å². The van der Waals surface area contributed by atoms with Crippen LogP contribution in [0.1, 0.15) is 41.7 Å². The molecular weight excluding hydrogens is 363 g/mol. The molecular formula is C20H19ClF3NO. The fraction of sp³-hybridized carbons (Fsp3) is 0.350. The first kappa shape index (κ1) is 18.9. The number of carbonyl (C=O) groups is 1. The second-order valence-corrected chi connectivity index (χ2v) is 7.06. The number of halogens is 4. The Bertz CT molecular complexity index is 819. The van der Waals surface area contributed by atoms with E-state index in [0.717, 1.165) is 23.8 Å². The largest absolute Gasteiger partial charge is 0.297 e. The number of rotatable bonds is 4. The SMILES string of the molecule is CC(c1ccc(F)c(Cl)c1)N1CCC(C(=O)c2cc(F)ccc2F)CC1. The van der Waals surface area contributed by atoms with E-state index in [2.05, 4.69) is 4.90 Å². The molecule has 2 aromatic rings. The molecule has 138 valence electrons. The van der Waals surface area contributed by atoms with Crippen LogP contribution < -0.4 is 0 Å². The Morgan fingerprint density at radius 1 is 1.08 bits per heavy atom. The lowest BCUT2D eigenvalue weighted by Crippen LogP contribution is -2.38. The van der Waals surface area contributed by atoms with Crippen molar-refractivity contribution in [3.8, 4) is 0 Å². The van der Waals surface area contributed by atoms with Crippen LogP contribution in [0.4, 0.5) is 13.2 Å². The molecule has 2 aromatic carbocycles. The molecule has 1 fully saturated rings. The summed E-state index contributed by atoms with van der Waals surface area (Å²) in [6.45, 7) is 3.28. The van der Waals surface area contributed by atoms with Gasteiger partial charge in [-0.1, -0.05) is 17.7 Å². The van der Waals surface area contributed by atoms with Crippen molar-refractivity contribution in [1.82, 2.24) is 4.90 Å². The summed E-state index contributed by atoms with van der Waals surface area (Å²) in [6, 6.07) is 7.63. The highest BCUT2D eigenvalue weighted by Crippen LogP contribution is 2.30. The molecule has 3 rings (SSSR count). The Balaban J connectivity index is 1.66. The standard InChI is InChI=1S/C20H19ClF3NO/c1-12(14-2-4-19(24)17(21)10-14)25-8-6-13(7-9-25)20(26)16-11-15(22)3-5-18(16)23/h2-5,10-13H,6-9H2,1H3. The molecule has 0 aromatic heterocycles. The van der Waals surface area contributed by atoms with Crippen LogP contribution in [0, 0.1) is 23.4 Å². The van der Waals surface area contributed by atoms with Gasteiger partial charge in [0.2, 0.25) is 0 Å². The fourth-order valence-corrected chi connectivity index (χ4v) is 3.63. The van der Waals surface area contributed by atoms with Crippen molar-refractivity contribution in [2.75, 3.05) is 13.1 Å². The molecule has 26 heavy (non-hydrogen) atoms. The summed E-state index contributed by atoms with van der Waals surface area (Å²) in [4.78, 5) is 14.7. The molecule has 1 saturated heterocycles. The maximum Gasteiger partial charge on any atom is 0.169 e. The van der Waals surface area contributed by atoms with Crippen LogP contribution in [0.25, 0.3) is 0 Å². The summed E-state index contributed by atoms with van der Waals surface area (Å²) in [5, 5.41) is 0.0843. The number of ketones is 1. The zero-order chi connectivity index (χ0) is 18.8. The first-order valence-corrected chi connectivity index (χ1v) is 8.93. The summed E-state index contributed by atoms with van der Waals surface area (Å²) in [7, 11) is 0. The molecule has 0 amide bonds. The van der Waals surface area contributed by atoms with Crippen molar-refractivity contribution >= 4 is 17.4 Å². The van der Waals surface area contributed by atoms with Crippen molar-refractivity contribution in [3.63, 3.8) is 0 Å². The van der Waals surface area contributed by atoms with Gasteiger partial charge in [0.15, 0.2) is 5.78 Å². The van der Waals surface area contributed by atoms with Gasteiger partial charge in [0.05, 0.1) is 10.6 Å². The smallest absolute Gasteiger partial charge is 0.169 e. The predicted octanol–water partition coefficient (Wildman–Crippen LogP) is 5.41. The number of hydrogen-bond donors (Lipinski definition) is 0. The lowest BCUT2D eigenvalue weighted by Gasteiger charge is -2.35. The van der Waals surface area contributed by atoms with Gasteiger partial charge in [0, 0.05) is 12.0 Å². The van der Waals surface area contributed by atoms with Gasteiger partial charge < -0.3 is 0 Å². The molecule has 1 aliphatic heterocycles. The fourth-order valence-electron chi connectivity index (χ4n) is 3.44. The molecule has 1 unspecified atom stereocenters. The van der Waals surface area contributed by atoms with Gasteiger partial charge >= 0.3 is 0 Å². The number of benzene rings is 2. The highest BCUT2D eigenvalue weighted by Gasteiger charge is 2.29. The molecule has 0 N–H and O–H groups in total. The zero-order valence-electron chi connectivity index (χ0n) is 14.3. The van der Waals surface area contributed by atoms with Gasteiger partial charge in [-0.05, 0) is 68.8 Å². The average molecular weight is 382 g/mol. The lowest BCUT2D eigenvalue weighted by molar-refractivity contribution is 0.0797. The summed E-state index contributed by atoms with van der Waals surface area (Å²) < 4.78 is 40.5. The van der Waals surface area contributed by atoms with Crippen LogP contribution in [0.2, 0.25) is 5.02 Å². The van der Waals surface area contributed by atoms with Gasteiger partial charge in [0.1, 0.15) is 17.5 Å². The number of nitrogens with zero attached hydrogens (tertiary/aromatic N) is 1. The molecule has 0 radical (unpaired) electrons. The molecule has 0 aliphatic carbocycles. The molecule has 2 nitrogen and oxygen atoms in total. The normalized spacial score (nSPS) is 17.3. The Kier molecular flexibility index (Phi) is 5.68. The quantitative estimate of drug-likeness (QED) is 0.660. The van der Waals surface area contributed by atoms with Crippen molar-refractivity contribution in [2.45, 2.75) is 25.8 Å². The third kappa shape index (κ3) is 3.94. The molecule has 0 saturated carbocycles. The zero-order valence-corrected chi connectivity index (χ0v) is 15.1. The topological polar surface area (TPSA) is 20.3 Å². The Labute approximate surface area is 155 Å². The van der Waals surface area contributed by atoms with E-state index in [4.69, 9.17) is 11.6 Å². The van der Waals surface area contributed by atoms with Crippen molar-refractivity contribution in [3.05, 3.63) is 70.0 Å². The van der Waals surface area contributed by atoms with Gasteiger partial charge in [-0.15, -0.1) is 0 Å². The average Bonchev–Trinajstić information content (AvgIpc) is 2.65. The molecule has 1 aliphatic rings. The minimum atomic E-state index is -0.687. The van der Waals surface area contributed by atoms with E-state index in [1.165, 1.54) is 6.07 Å². The van der Waals surface area contributed by atoms with Gasteiger partial charge in [-0.3, -0.25) is 9.69 Å². The molecule has 1 atom stereocenters. The third-order valence-electron chi connectivity index (χ3n) is 5.07. The van der Waals surface area contributed by atoms with Crippen LogP contribution in [-0.4, -0.2) is 23.8 Å². The van der Waals surface area contributed by atoms with E-state index in [-0.39, 0.29) is 28.3 Å². The second-order valence-electron chi connectivity index (χ2n) is 6.65. The monoisotopic (exact) mass is 381 g/mol. The molecule has 0 bridgehead atoms. The van der Waals surface area contributed by atoms with E-state index in [1.54, 1.807) is 12.1 Å². The van der Waals surface area contributed by atoms with Gasteiger partial charge in [0.25, 0.3) is 0 Å². The Morgan fingerprint density at radius 2 is 1.73 bits per heavy atom. The van der Waals surface area contributed by atoms with Crippen molar-refractivity contribution in [1.29, 1.82) is 0 Å². The van der Waals surface area contributed by atoms with Crippen molar-refractivity contribution < 1.29 is 18.0 Å². The van der Waals surface area contributed by atoms with Crippen LogP contribution >= 0.6 is 11.6 Å². The number of carbonyl (C=O) groups excluding carboxylic acids is 1. The van der Waals surface area contributed by atoms with E-state index >= 15 is 0 Å². The number of Topliss-reactive ketones (excluding diaryl/α,β-unsaturated/α-hetero) is 1. The highest BCUT2D eigenvalue weighted by molar-refractivity contribution is 6.30. The highest BCUT2D eigenvalue weighted by atomic mass is 35.5. The van der Waals surface area contributed by atoms with Crippen LogP contribution in [0.5, 0.6) is 0 Å². The number of piperidine rings is 1. The number of likely N-dealkylation sites (tertiary alicyclic amines) is 1. The first-order chi connectivity index (χ1) is 12.4. The molecule has 0 spiro atoms. The Hall–Kier alpha value is -1.85. The maximum atomic E-state index is 13.8. The van der Waals surface area contributed by atoms with Crippen LogP contribution in [-0.2, 0) is 0 Å². The number of hydrogen-bond acceptors (Lipinski definition) is 2. The summed E-state index contributed by atoms with van der Waals surface area (Å²) in [6.07, 6.45) is 1.13. The minimum Gasteiger partial charge on any atom is -0.297 e. The van der Waals surface area contributed by atoms with E-state index < -0.39 is 17.5 Å². The predicted molar refractivity (Wildman–Crippen MR) is 94.8 cm³/mol. The second kappa shape index (κ2) is 7.80. The van der Waals surface area contributed by atoms with Gasteiger partial charge in [-0.2, -0.15) is 0 Å². The molecule has 1 heterocycles. The first-order valence-electron chi connectivity index (χ1n) is 8.55. The Morgan fingerprint density at radius 3 is 2.38 bits per heavy atom. The third-order valence-corrected chi connectivity index (χ3v) is 5.36.